The summed E-state index contributed by atoms with van der Waals surface area (Å²) in [5, 5.41) is 10.9. The van der Waals surface area contributed by atoms with Gasteiger partial charge in [0.2, 0.25) is 0 Å². The van der Waals surface area contributed by atoms with Gasteiger partial charge in [-0.3, -0.25) is 9.59 Å². The Morgan fingerprint density at radius 2 is 1.93 bits per heavy atom. The molecule has 1 aromatic carbocycles. The fraction of sp³-hybridized carbons (Fsp3) is 0.474. The van der Waals surface area contributed by atoms with Gasteiger partial charge in [-0.1, -0.05) is 17.3 Å². The highest BCUT2D eigenvalue weighted by molar-refractivity contribution is 6.05. The molecule has 2 aliphatic heterocycles. The van der Waals surface area contributed by atoms with E-state index in [1.54, 1.807) is 4.90 Å². The maximum atomic E-state index is 12.9. The lowest BCUT2D eigenvalue weighted by atomic mass is 10.1. The molecule has 1 N–H and O–H groups in total. The molecule has 2 aliphatic rings. The van der Waals surface area contributed by atoms with Crippen molar-refractivity contribution in [1.82, 2.24) is 25.2 Å². The number of nitrogens with one attached hydrogen (secondary N) is 1. The third-order valence-corrected chi connectivity index (χ3v) is 5.46. The van der Waals surface area contributed by atoms with Gasteiger partial charge >= 0.3 is 0 Å². The molecule has 0 radical (unpaired) electrons. The van der Waals surface area contributed by atoms with Crippen LogP contribution < -0.4 is 10.2 Å². The summed E-state index contributed by atoms with van der Waals surface area (Å²) in [5.74, 6) is -0.502. The second kappa shape index (κ2) is 6.68. The van der Waals surface area contributed by atoms with Crippen molar-refractivity contribution >= 4 is 17.5 Å². The number of benzene rings is 1. The largest absolute Gasteiger partial charge is 0.368 e. The minimum absolute atomic E-state index is 0.0178. The highest BCUT2D eigenvalue weighted by atomic mass is 16.2. The lowest BCUT2D eigenvalue weighted by Gasteiger charge is -2.36. The van der Waals surface area contributed by atoms with E-state index in [9.17, 15) is 9.59 Å². The van der Waals surface area contributed by atoms with E-state index >= 15 is 0 Å². The van der Waals surface area contributed by atoms with E-state index in [-0.39, 0.29) is 29.2 Å². The van der Waals surface area contributed by atoms with Gasteiger partial charge in [-0.25, -0.2) is 4.68 Å². The smallest absolute Gasteiger partial charge is 0.277 e. The number of fused-ring (bicyclic) bond motifs is 1. The Bertz CT molecular complexity index is 898. The van der Waals surface area contributed by atoms with Gasteiger partial charge in [-0.15, -0.1) is 5.10 Å². The maximum absolute atomic E-state index is 12.9. The molecule has 3 heterocycles. The molecule has 4 rings (SSSR count). The zero-order chi connectivity index (χ0) is 19.1. The van der Waals surface area contributed by atoms with Gasteiger partial charge in [0.25, 0.3) is 11.8 Å². The summed E-state index contributed by atoms with van der Waals surface area (Å²) in [4.78, 5) is 29.3. The Morgan fingerprint density at radius 1 is 1.19 bits per heavy atom. The van der Waals surface area contributed by atoms with Gasteiger partial charge in [0, 0.05) is 37.9 Å². The van der Waals surface area contributed by atoms with Crippen LogP contribution in [0.15, 0.2) is 18.2 Å². The van der Waals surface area contributed by atoms with E-state index < -0.39 is 0 Å². The van der Waals surface area contributed by atoms with Crippen LogP contribution in [-0.2, 0) is 6.54 Å². The van der Waals surface area contributed by atoms with E-state index in [0.717, 1.165) is 13.1 Å². The average Bonchev–Trinajstić information content (AvgIpc) is 3.08. The van der Waals surface area contributed by atoms with Crippen molar-refractivity contribution < 1.29 is 9.59 Å². The lowest BCUT2D eigenvalue weighted by Crippen LogP contribution is -2.50. The van der Waals surface area contributed by atoms with Gasteiger partial charge in [-0.2, -0.15) is 0 Å². The minimum Gasteiger partial charge on any atom is -0.368 e. The number of aromatic nitrogens is 3. The van der Waals surface area contributed by atoms with Crippen LogP contribution in [0.3, 0.4) is 0 Å². The first-order valence-electron chi connectivity index (χ1n) is 9.30. The van der Waals surface area contributed by atoms with Crippen molar-refractivity contribution in [3.8, 4) is 0 Å². The molecule has 0 aliphatic carbocycles. The third-order valence-electron chi connectivity index (χ3n) is 5.46. The van der Waals surface area contributed by atoms with Crippen molar-refractivity contribution in [2.45, 2.75) is 33.4 Å². The van der Waals surface area contributed by atoms with Crippen LogP contribution in [0.2, 0.25) is 0 Å². The van der Waals surface area contributed by atoms with E-state index in [2.05, 4.69) is 52.6 Å². The molecule has 8 heteroatoms. The van der Waals surface area contributed by atoms with E-state index in [1.165, 1.54) is 21.5 Å². The van der Waals surface area contributed by atoms with Gasteiger partial charge in [-0.05, 0) is 38.0 Å². The summed E-state index contributed by atoms with van der Waals surface area (Å²) >= 11 is 0. The summed E-state index contributed by atoms with van der Waals surface area (Å²) in [6, 6.07) is 6.29. The second-order valence-electron chi connectivity index (χ2n) is 7.34. The number of aryl methyl sites for hydroxylation is 1. The SMILES string of the molecule is Cc1cccc(N2CCN(C(=O)c3nnn4c3C(=O)N[C@@H](C)C4)CC2)c1C. The number of hydrogen-bond acceptors (Lipinski definition) is 5. The van der Waals surface area contributed by atoms with Gasteiger partial charge < -0.3 is 15.1 Å². The molecule has 0 bridgehead atoms. The summed E-state index contributed by atoms with van der Waals surface area (Å²) < 4.78 is 1.53. The van der Waals surface area contributed by atoms with E-state index in [1.807, 2.05) is 6.92 Å². The molecular formula is C19H24N6O2. The Hall–Kier alpha value is -2.90. The molecule has 1 saturated heterocycles. The summed E-state index contributed by atoms with van der Waals surface area (Å²) in [7, 11) is 0. The number of carbonyl (C=O) groups excluding carboxylic acids is 2. The number of rotatable bonds is 2. The Labute approximate surface area is 158 Å². The molecule has 142 valence electrons. The molecule has 1 aromatic heterocycles. The van der Waals surface area contributed by atoms with Crippen LogP contribution in [-0.4, -0.2) is 63.9 Å². The Morgan fingerprint density at radius 3 is 2.67 bits per heavy atom. The van der Waals surface area contributed by atoms with Crippen molar-refractivity contribution in [3.05, 3.63) is 40.7 Å². The predicted octanol–water partition coefficient (Wildman–Crippen LogP) is 0.989. The predicted molar refractivity (Wildman–Crippen MR) is 101 cm³/mol. The van der Waals surface area contributed by atoms with Crippen molar-refractivity contribution in [2.24, 2.45) is 0 Å². The number of piperazine rings is 1. The van der Waals surface area contributed by atoms with Crippen LogP contribution >= 0.6 is 0 Å². The molecule has 1 fully saturated rings. The van der Waals surface area contributed by atoms with Gasteiger partial charge in [0.1, 0.15) is 0 Å². The van der Waals surface area contributed by atoms with Crippen LogP contribution in [0.5, 0.6) is 0 Å². The van der Waals surface area contributed by atoms with Crippen LogP contribution in [0.4, 0.5) is 5.69 Å². The highest BCUT2D eigenvalue weighted by Gasteiger charge is 2.33. The Balaban J connectivity index is 1.49. The van der Waals surface area contributed by atoms with Crippen LogP contribution in [0, 0.1) is 13.8 Å². The standard InChI is InChI=1S/C19H24N6O2/c1-12-5-4-6-15(14(12)3)23-7-9-24(10-8-23)19(27)16-17-18(26)20-13(2)11-25(17)22-21-16/h4-6,13H,7-11H2,1-3H3,(H,20,26)/t13-/m0/s1. The Kier molecular flexibility index (Phi) is 4.33. The molecule has 8 nitrogen and oxygen atoms in total. The number of carbonyl (C=O) groups is 2. The molecule has 0 saturated carbocycles. The number of amides is 2. The number of hydrogen-bond donors (Lipinski definition) is 1. The van der Waals surface area contributed by atoms with Crippen molar-refractivity contribution in [2.75, 3.05) is 31.1 Å². The molecule has 2 aromatic rings. The summed E-state index contributed by atoms with van der Waals surface area (Å²) in [6.45, 7) is 9.36. The maximum Gasteiger partial charge on any atom is 0.277 e. The third kappa shape index (κ3) is 3.05. The van der Waals surface area contributed by atoms with Crippen molar-refractivity contribution in [3.63, 3.8) is 0 Å². The number of nitrogens with zero attached hydrogens (tertiary/aromatic N) is 5. The fourth-order valence-corrected chi connectivity index (χ4v) is 3.79. The number of anilines is 1. The normalized spacial score (nSPS) is 19.7. The first-order chi connectivity index (χ1) is 13.0. The quantitative estimate of drug-likeness (QED) is 0.855. The first kappa shape index (κ1) is 17.5. The molecule has 0 unspecified atom stereocenters. The topological polar surface area (TPSA) is 83.4 Å². The summed E-state index contributed by atoms with van der Waals surface area (Å²) in [6.07, 6.45) is 0. The average molecular weight is 368 g/mol. The molecule has 0 spiro atoms. The highest BCUT2D eigenvalue weighted by Crippen LogP contribution is 2.24. The van der Waals surface area contributed by atoms with Crippen LogP contribution in [0.25, 0.3) is 0 Å². The fourth-order valence-electron chi connectivity index (χ4n) is 3.79. The lowest BCUT2D eigenvalue weighted by molar-refractivity contribution is 0.0731. The minimum atomic E-state index is -0.281. The zero-order valence-corrected chi connectivity index (χ0v) is 15.9. The van der Waals surface area contributed by atoms with Crippen molar-refractivity contribution in [1.29, 1.82) is 0 Å². The van der Waals surface area contributed by atoms with E-state index in [4.69, 9.17) is 0 Å². The molecule has 2 amide bonds. The molecular weight excluding hydrogens is 344 g/mol. The van der Waals surface area contributed by atoms with E-state index in [0.29, 0.717) is 19.6 Å². The monoisotopic (exact) mass is 368 g/mol. The summed E-state index contributed by atoms with van der Waals surface area (Å²) in [5.41, 5.74) is 4.18. The van der Waals surface area contributed by atoms with Crippen LogP contribution in [0.1, 0.15) is 39.0 Å². The van der Waals surface area contributed by atoms with Gasteiger partial charge in [0.15, 0.2) is 11.4 Å². The zero-order valence-electron chi connectivity index (χ0n) is 15.9. The van der Waals surface area contributed by atoms with Gasteiger partial charge in [0.05, 0.1) is 6.54 Å². The second-order valence-corrected chi connectivity index (χ2v) is 7.34. The first-order valence-corrected chi connectivity index (χ1v) is 9.30. The molecule has 1 atom stereocenters. The molecule has 27 heavy (non-hydrogen) atoms.